The monoisotopic (exact) mass is 399 g/mol. The third kappa shape index (κ3) is 4.95. The van der Waals surface area contributed by atoms with E-state index >= 15 is 0 Å². The number of hydrogen-bond acceptors (Lipinski definition) is 3. The Labute approximate surface area is 171 Å². The zero-order valence-electron chi connectivity index (χ0n) is 17.0. The van der Waals surface area contributed by atoms with Crippen molar-refractivity contribution in [1.29, 1.82) is 0 Å². The van der Waals surface area contributed by atoms with Crippen molar-refractivity contribution >= 4 is 6.03 Å². The van der Waals surface area contributed by atoms with Gasteiger partial charge in [0.1, 0.15) is 17.5 Å². The van der Waals surface area contributed by atoms with Gasteiger partial charge in [-0.1, -0.05) is 19.8 Å². The van der Waals surface area contributed by atoms with Gasteiger partial charge in [0.2, 0.25) is 0 Å². The lowest BCUT2D eigenvalue weighted by Crippen LogP contribution is -2.46. The summed E-state index contributed by atoms with van der Waals surface area (Å²) in [7, 11) is 0. The average molecular weight is 400 g/mol. The van der Waals surface area contributed by atoms with Crippen molar-refractivity contribution in [2.75, 3.05) is 6.54 Å². The zero-order valence-corrected chi connectivity index (χ0v) is 17.0. The summed E-state index contributed by atoms with van der Waals surface area (Å²) in [6, 6.07) is 6.67. The number of nitrogens with zero attached hydrogens (tertiary/aromatic N) is 3. The molecule has 2 saturated carbocycles. The van der Waals surface area contributed by atoms with Crippen LogP contribution in [0, 0.1) is 11.7 Å². The van der Waals surface area contributed by atoms with Gasteiger partial charge in [-0.3, -0.25) is 4.57 Å². The molecule has 6 nitrogen and oxygen atoms in total. The smallest absolute Gasteiger partial charge is 0.315 e. The van der Waals surface area contributed by atoms with Gasteiger partial charge >= 0.3 is 6.03 Å². The van der Waals surface area contributed by atoms with E-state index in [2.05, 4.69) is 32.3 Å². The molecule has 2 fully saturated rings. The molecule has 4 rings (SSSR count). The van der Waals surface area contributed by atoms with E-state index in [1.807, 2.05) is 0 Å². The van der Waals surface area contributed by atoms with Crippen molar-refractivity contribution in [3.63, 3.8) is 0 Å². The van der Waals surface area contributed by atoms with E-state index in [4.69, 9.17) is 0 Å². The van der Waals surface area contributed by atoms with Gasteiger partial charge in [-0.25, -0.2) is 9.18 Å². The molecule has 7 heteroatoms. The SMILES string of the molecule is CC1CCCCC1NC(=O)NCCCc1nnc(C2CC2)n1-c1ccc(F)cc1. The first-order chi connectivity index (χ1) is 14.1. The molecule has 29 heavy (non-hydrogen) atoms. The van der Waals surface area contributed by atoms with E-state index in [0.29, 0.717) is 24.8 Å². The number of rotatable bonds is 7. The van der Waals surface area contributed by atoms with Crippen molar-refractivity contribution in [2.24, 2.45) is 5.92 Å². The van der Waals surface area contributed by atoms with Crippen LogP contribution in [0.15, 0.2) is 24.3 Å². The van der Waals surface area contributed by atoms with Gasteiger partial charge < -0.3 is 10.6 Å². The molecule has 2 aromatic rings. The summed E-state index contributed by atoms with van der Waals surface area (Å²) in [5.74, 6) is 2.57. The number of halogens is 1. The van der Waals surface area contributed by atoms with Crippen molar-refractivity contribution in [3.8, 4) is 5.69 Å². The molecule has 0 saturated heterocycles. The Kier molecular flexibility index (Phi) is 6.11. The van der Waals surface area contributed by atoms with Crippen LogP contribution in [0.5, 0.6) is 0 Å². The Bertz CT molecular complexity index is 830. The molecule has 1 aromatic heterocycles. The molecule has 0 spiro atoms. The molecule has 2 amide bonds. The van der Waals surface area contributed by atoms with Crippen molar-refractivity contribution < 1.29 is 9.18 Å². The van der Waals surface area contributed by atoms with Gasteiger partial charge in [0.15, 0.2) is 0 Å². The lowest BCUT2D eigenvalue weighted by Gasteiger charge is -2.29. The molecule has 0 radical (unpaired) electrons. The number of nitrogens with one attached hydrogen (secondary N) is 2. The van der Waals surface area contributed by atoms with Gasteiger partial charge in [0.05, 0.1) is 0 Å². The molecule has 1 aromatic carbocycles. The minimum Gasteiger partial charge on any atom is -0.338 e. The van der Waals surface area contributed by atoms with E-state index < -0.39 is 0 Å². The molecule has 2 aliphatic rings. The van der Waals surface area contributed by atoms with Gasteiger partial charge in [0.25, 0.3) is 0 Å². The number of aromatic nitrogens is 3. The van der Waals surface area contributed by atoms with E-state index in [1.54, 1.807) is 12.1 Å². The number of benzene rings is 1. The second-order valence-electron chi connectivity index (χ2n) is 8.43. The van der Waals surface area contributed by atoms with Crippen molar-refractivity contribution in [3.05, 3.63) is 41.7 Å². The molecular formula is C22H30FN5O. The Morgan fingerprint density at radius 2 is 1.90 bits per heavy atom. The highest BCUT2D eigenvalue weighted by Crippen LogP contribution is 2.40. The summed E-state index contributed by atoms with van der Waals surface area (Å²) in [6.45, 7) is 2.80. The van der Waals surface area contributed by atoms with Crippen LogP contribution in [0.4, 0.5) is 9.18 Å². The molecule has 0 aliphatic heterocycles. The van der Waals surface area contributed by atoms with E-state index in [9.17, 15) is 9.18 Å². The van der Waals surface area contributed by atoms with E-state index in [0.717, 1.165) is 43.0 Å². The van der Waals surface area contributed by atoms with Crippen LogP contribution in [-0.2, 0) is 6.42 Å². The van der Waals surface area contributed by atoms with Crippen LogP contribution >= 0.6 is 0 Å². The van der Waals surface area contributed by atoms with E-state index in [1.165, 1.54) is 31.4 Å². The van der Waals surface area contributed by atoms with Crippen molar-refractivity contribution in [1.82, 2.24) is 25.4 Å². The van der Waals surface area contributed by atoms with Crippen LogP contribution in [0.25, 0.3) is 5.69 Å². The summed E-state index contributed by atoms with van der Waals surface area (Å²) >= 11 is 0. The third-order valence-electron chi connectivity index (χ3n) is 6.07. The number of carbonyl (C=O) groups excluding carboxylic acids is 1. The Morgan fingerprint density at radius 3 is 2.62 bits per heavy atom. The normalized spacial score (nSPS) is 21.7. The second-order valence-corrected chi connectivity index (χ2v) is 8.43. The second kappa shape index (κ2) is 8.93. The number of amides is 2. The molecule has 156 valence electrons. The minimum absolute atomic E-state index is 0.0811. The Morgan fingerprint density at radius 1 is 1.14 bits per heavy atom. The highest BCUT2D eigenvalue weighted by atomic mass is 19.1. The molecule has 2 aliphatic carbocycles. The highest BCUT2D eigenvalue weighted by molar-refractivity contribution is 5.74. The van der Waals surface area contributed by atoms with Gasteiger partial charge in [-0.05, 0) is 62.3 Å². The largest absolute Gasteiger partial charge is 0.338 e. The predicted octanol–water partition coefficient (Wildman–Crippen LogP) is 4.09. The van der Waals surface area contributed by atoms with Crippen LogP contribution in [0.1, 0.15) is 69.4 Å². The molecule has 2 atom stereocenters. The summed E-state index contributed by atoms with van der Waals surface area (Å²) in [5.41, 5.74) is 0.894. The summed E-state index contributed by atoms with van der Waals surface area (Å²) in [6.07, 6.45) is 8.44. The zero-order chi connectivity index (χ0) is 20.2. The first kappa shape index (κ1) is 19.9. The molecule has 2 N–H and O–H groups in total. The van der Waals surface area contributed by atoms with Crippen LogP contribution in [-0.4, -0.2) is 33.4 Å². The maximum Gasteiger partial charge on any atom is 0.315 e. The predicted molar refractivity (Wildman–Crippen MR) is 110 cm³/mol. The fourth-order valence-electron chi connectivity index (χ4n) is 4.17. The standard InChI is InChI=1S/C22H30FN5O/c1-15-5-2-3-6-19(15)25-22(29)24-14-4-7-20-26-27-21(16-8-9-16)28(20)18-12-10-17(23)11-13-18/h10-13,15-16,19H,2-9,14H2,1H3,(H2,24,25,29). The summed E-state index contributed by atoms with van der Waals surface area (Å²) in [4.78, 5) is 12.2. The lowest BCUT2D eigenvalue weighted by molar-refractivity contribution is 0.221. The Balaban J connectivity index is 1.32. The number of aryl methyl sites for hydroxylation is 1. The minimum atomic E-state index is -0.251. The maximum absolute atomic E-state index is 13.3. The molecular weight excluding hydrogens is 369 g/mol. The van der Waals surface area contributed by atoms with Gasteiger partial charge in [-0.2, -0.15) is 0 Å². The van der Waals surface area contributed by atoms with Crippen LogP contribution < -0.4 is 10.6 Å². The maximum atomic E-state index is 13.3. The fourth-order valence-corrected chi connectivity index (χ4v) is 4.17. The molecule has 1 heterocycles. The van der Waals surface area contributed by atoms with Crippen LogP contribution in [0.2, 0.25) is 0 Å². The van der Waals surface area contributed by atoms with E-state index in [-0.39, 0.29) is 17.9 Å². The number of urea groups is 1. The van der Waals surface area contributed by atoms with Crippen molar-refractivity contribution in [2.45, 2.75) is 70.3 Å². The topological polar surface area (TPSA) is 71.8 Å². The Hall–Kier alpha value is -2.44. The van der Waals surface area contributed by atoms with Gasteiger partial charge in [0, 0.05) is 30.6 Å². The first-order valence-electron chi connectivity index (χ1n) is 10.9. The number of carbonyl (C=O) groups is 1. The third-order valence-corrected chi connectivity index (χ3v) is 6.07. The molecule has 2 unspecified atom stereocenters. The summed E-state index contributed by atoms with van der Waals surface area (Å²) < 4.78 is 15.4. The molecule has 0 bridgehead atoms. The summed E-state index contributed by atoms with van der Waals surface area (Å²) in [5, 5.41) is 14.9. The number of hydrogen-bond donors (Lipinski definition) is 2. The fraction of sp³-hybridized carbons (Fsp3) is 0.591. The highest BCUT2D eigenvalue weighted by Gasteiger charge is 2.30. The average Bonchev–Trinajstić information content (AvgIpc) is 3.48. The quantitative estimate of drug-likeness (QED) is 0.689. The lowest BCUT2D eigenvalue weighted by atomic mass is 9.86. The van der Waals surface area contributed by atoms with Crippen LogP contribution in [0.3, 0.4) is 0 Å². The van der Waals surface area contributed by atoms with Gasteiger partial charge in [-0.15, -0.1) is 10.2 Å². The first-order valence-corrected chi connectivity index (χ1v) is 10.9.